The van der Waals surface area contributed by atoms with Crippen LogP contribution < -0.4 is 0 Å². The summed E-state index contributed by atoms with van der Waals surface area (Å²) >= 11 is 0. The molecule has 13 rings (SSSR count). The second kappa shape index (κ2) is 17.4. The van der Waals surface area contributed by atoms with Gasteiger partial charge < -0.3 is 9.13 Å². The monoisotopic (exact) mass is 917 g/mol. The molecule has 334 valence electrons. The van der Waals surface area contributed by atoms with Crippen LogP contribution in [0.15, 0.2) is 237 Å². The van der Waals surface area contributed by atoms with Crippen molar-refractivity contribution in [3.05, 3.63) is 248 Å². The molecule has 0 spiro atoms. The minimum atomic E-state index is 0.560. The molecule has 7 heteroatoms. The van der Waals surface area contributed by atoms with E-state index in [9.17, 15) is 10.5 Å². The lowest BCUT2D eigenvalue weighted by Crippen LogP contribution is -2.03. The van der Waals surface area contributed by atoms with Crippen molar-refractivity contribution in [1.29, 1.82) is 10.5 Å². The number of nitriles is 2. The molecule has 0 aliphatic rings. The van der Waals surface area contributed by atoms with E-state index < -0.39 is 0 Å². The van der Waals surface area contributed by atoms with Gasteiger partial charge in [-0.15, -0.1) is 0 Å². The number of fused-ring (bicyclic) bond motifs is 6. The first-order chi connectivity index (χ1) is 35.6. The number of aromatic nitrogens is 5. The van der Waals surface area contributed by atoms with Crippen molar-refractivity contribution in [3.63, 3.8) is 0 Å². The normalized spacial score (nSPS) is 11.3. The molecule has 0 bridgehead atoms. The summed E-state index contributed by atoms with van der Waals surface area (Å²) in [6.45, 7) is 0. The van der Waals surface area contributed by atoms with Gasteiger partial charge in [-0.2, -0.15) is 10.5 Å². The van der Waals surface area contributed by atoms with Crippen LogP contribution in [0.2, 0.25) is 0 Å². The van der Waals surface area contributed by atoms with E-state index in [1.807, 2.05) is 97.1 Å². The fourth-order valence-electron chi connectivity index (χ4n) is 10.3. The molecule has 7 nitrogen and oxygen atoms in total. The van der Waals surface area contributed by atoms with Gasteiger partial charge in [0.15, 0.2) is 17.5 Å². The average molecular weight is 918 g/mol. The number of nitrogens with zero attached hydrogens (tertiary/aromatic N) is 7. The van der Waals surface area contributed by atoms with Gasteiger partial charge in [0.1, 0.15) is 0 Å². The molecule has 0 amide bonds. The fraction of sp³-hybridized carbons (Fsp3) is 0. The number of hydrogen-bond acceptors (Lipinski definition) is 5. The summed E-state index contributed by atoms with van der Waals surface area (Å²) in [6, 6.07) is 85.9. The second-order valence-electron chi connectivity index (χ2n) is 17.8. The minimum Gasteiger partial charge on any atom is -0.309 e. The Hall–Kier alpha value is -10.2. The SMILES string of the molecule is N#Cc1cccc(-c2ccc3c(c2)c2ccccc2n3-c2ccccc2-c2cc(-c3nc(-c4ccccc4)nc(-c4ccccc4)n3)ccc2-n2c3ccccc3c3cc(-c4cccc(C#N)c4)ccc32)c1. The largest absolute Gasteiger partial charge is 0.309 e. The zero-order chi connectivity index (χ0) is 48.1. The third-order valence-electron chi connectivity index (χ3n) is 13.6. The average Bonchev–Trinajstić information content (AvgIpc) is 3.97. The molecular weight excluding hydrogens is 879 g/mol. The smallest absolute Gasteiger partial charge is 0.164 e. The minimum absolute atomic E-state index is 0.560. The molecular formula is C65H39N7. The molecule has 0 aliphatic heterocycles. The topological polar surface area (TPSA) is 96.1 Å². The molecule has 72 heavy (non-hydrogen) atoms. The summed E-state index contributed by atoms with van der Waals surface area (Å²) in [4.78, 5) is 15.4. The lowest BCUT2D eigenvalue weighted by Gasteiger charge is -2.20. The van der Waals surface area contributed by atoms with E-state index in [1.54, 1.807) is 0 Å². The summed E-state index contributed by atoms with van der Waals surface area (Å²) in [5.41, 5.74) is 16.2. The van der Waals surface area contributed by atoms with Gasteiger partial charge in [-0.25, -0.2) is 15.0 Å². The van der Waals surface area contributed by atoms with Gasteiger partial charge >= 0.3 is 0 Å². The summed E-state index contributed by atoms with van der Waals surface area (Å²) < 4.78 is 4.76. The maximum Gasteiger partial charge on any atom is 0.164 e. The van der Waals surface area contributed by atoms with Gasteiger partial charge in [-0.05, 0) is 107 Å². The van der Waals surface area contributed by atoms with E-state index in [0.29, 0.717) is 28.6 Å². The Labute approximate surface area is 415 Å². The Morgan fingerprint density at radius 3 is 1.21 bits per heavy atom. The second-order valence-corrected chi connectivity index (χ2v) is 17.8. The molecule has 3 aromatic heterocycles. The summed E-state index contributed by atoms with van der Waals surface area (Å²) in [7, 11) is 0. The summed E-state index contributed by atoms with van der Waals surface area (Å²) in [6.07, 6.45) is 0. The maximum atomic E-state index is 9.77. The zero-order valence-electron chi connectivity index (χ0n) is 38.6. The van der Waals surface area contributed by atoms with E-state index in [4.69, 9.17) is 15.0 Å². The molecule has 13 aromatic rings. The van der Waals surface area contributed by atoms with Crippen molar-refractivity contribution in [2.75, 3.05) is 0 Å². The first kappa shape index (κ1) is 41.9. The first-order valence-electron chi connectivity index (χ1n) is 23.8. The zero-order valence-corrected chi connectivity index (χ0v) is 38.6. The molecule has 0 radical (unpaired) electrons. The van der Waals surface area contributed by atoms with Crippen molar-refractivity contribution in [1.82, 2.24) is 24.1 Å². The Morgan fingerprint density at radius 2 is 0.681 bits per heavy atom. The van der Waals surface area contributed by atoms with Gasteiger partial charge in [0.05, 0.1) is 56.7 Å². The third kappa shape index (κ3) is 7.17. The lowest BCUT2D eigenvalue weighted by atomic mass is 9.97. The van der Waals surface area contributed by atoms with Crippen LogP contribution >= 0.6 is 0 Å². The quantitative estimate of drug-likeness (QED) is 0.151. The van der Waals surface area contributed by atoms with Crippen molar-refractivity contribution in [3.8, 4) is 91.1 Å². The van der Waals surface area contributed by atoms with Gasteiger partial charge in [-0.3, -0.25) is 0 Å². The number of para-hydroxylation sites is 3. The van der Waals surface area contributed by atoms with Crippen molar-refractivity contribution in [2.24, 2.45) is 0 Å². The Kier molecular flexibility index (Phi) is 10.1. The third-order valence-corrected chi connectivity index (χ3v) is 13.6. The van der Waals surface area contributed by atoms with Crippen LogP contribution in [0.25, 0.3) is 123 Å². The van der Waals surface area contributed by atoms with Gasteiger partial charge in [0, 0.05) is 49.4 Å². The molecule has 10 aromatic carbocycles. The van der Waals surface area contributed by atoms with Gasteiger partial charge in [0.2, 0.25) is 0 Å². The van der Waals surface area contributed by atoms with E-state index in [2.05, 4.69) is 161 Å². The fourth-order valence-corrected chi connectivity index (χ4v) is 10.3. The predicted molar refractivity (Wildman–Crippen MR) is 291 cm³/mol. The predicted octanol–water partition coefficient (Wildman–Crippen LogP) is 15.8. The van der Waals surface area contributed by atoms with Gasteiger partial charge in [0.25, 0.3) is 0 Å². The summed E-state index contributed by atoms with van der Waals surface area (Å²) in [5.74, 6) is 1.74. The highest BCUT2D eigenvalue weighted by Gasteiger charge is 2.23. The van der Waals surface area contributed by atoms with Crippen molar-refractivity contribution < 1.29 is 0 Å². The molecule has 0 unspecified atom stereocenters. The number of benzene rings is 10. The van der Waals surface area contributed by atoms with Crippen LogP contribution in [0, 0.1) is 22.7 Å². The molecule has 0 atom stereocenters. The van der Waals surface area contributed by atoms with Crippen molar-refractivity contribution >= 4 is 43.6 Å². The van der Waals surface area contributed by atoms with Crippen LogP contribution in [0.5, 0.6) is 0 Å². The van der Waals surface area contributed by atoms with Crippen molar-refractivity contribution in [2.45, 2.75) is 0 Å². The molecule has 0 N–H and O–H groups in total. The standard InChI is InChI=1S/C65H39N7/c66-40-42-15-13-21-46(35-42)48-29-32-60-54(37-48)51-23-7-10-26-57(51)71(60)58-27-11-9-25-53(58)56-39-50(65-69-63(44-17-3-1-4-18-44)68-64(70-65)45-19-5-2-6-20-45)31-34-62(56)72-59-28-12-8-24-52(59)55-38-49(30-33-61(55)72)47-22-14-16-43(36-47)41-67/h1-39H. The molecule has 0 saturated carbocycles. The van der Waals surface area contributed by atoms with E-state index in [1.165, 1.54) is 0 Å². The van der Waals surface area contributed by atoms with Gasteiger partial charge in [-0.1, -0.05) is 152 Å². The first-order valence-corrected chi connectivity index (χ1v) is 23.8. The highest BCUT2D eigenvalue weighted by Crippen LogP contribution is 2.43. The Morgan fingerprint density at radius 1 is 0.278 bits per heavy atom. The highest BCUT2D eigenvalue weighted by molar-refractivity contribution is 6.13. The maximum absolute atomic E-state index is 9.77. The van der Waals surface area contributed by atoms with Crippen LogP contribution in [-0.4, -0.2) is 24.1 Å². The molecule has 0 fully saturated rings. The van der Waals surface area contributed by atoms with Crippen LogP contribution in [-0.2, 0) is 0 Å². The molecule has 0 saturated heterocycles. The number of hydrogen-bond donors (Lipinski definition) is 0. The summed E-state index contributed by atoms with van der Waals surface area (Å²) in [5, 5.41) is 24.0. The van der Waals surface area contributed by atoms with Crippen LogP contribution in [0.1, 0.15) is 11.1 Å². The molecule has 3 heterocycles. The lowest BCUT2D eigenvalue weighted by molar-refractivity contribution is 1.07. The van der Waals surface area contributed by atoms with E-state index >= 15 is 0 Å². The number of rotatable bonds is 8. The van der Waals surface area contributed by atoms with E-state index in [-0.39, 0.29) is 0 Å². The van der Waals surface area contributed by atoms with Crippen LogP contribution in [0.4, 0.5) is 0 Å². The molecule has 0 aliphatic carbocycles. The highest BCUT2D eigenvalue weighted by atomic mass is 15.0. The van der Waals surface area contributed by atoms with Crippen LogP contribution in [0.3, 0.4) is 0 Å². The Bertz CT molecular complexity index is 4300. The Balaban J connectivity index is 1.08. The van der Waals surface area contributed by atoms with E-state index in [0.717, 1.165) is 105 Å².